The molecule has 0 aliphatic heterocycles. The Morgan fingerprint density at radius 1 is 1.04 bits per heavy atom. The van der Waals surface area contributed by atoms with Crippen molar-refractivity contribution in [3.05, 3.63) is 29.8 Å². The van der Waals surface area contributed by atoms with Gasteiger partial charge in [-0.15, -0.1) is 0 Å². The van der Waals surface area contributed by atoms with Gasteiger partial charge in [-0.05, 0) is 37.5 Å². The molecule has 1 aromatic rings. The van der Waals surface area contributed by atoms with Crippen LogP contribution in [0.15, 0.2) is 29.3 Å². The zero-order valence-corrected chi connectivity index (χ0v) is 17.6. The number of carbonyl (C=O) groups excluding carboxylic acids is 1. The molecule has 28 heavy (non-hydrogen) atoms. The lowest BCUT2D eigenvalue weighted by Crippen LogP contribution is -2.39. The minimum atomic E-state index is -0.147. The summed E-state index contributed by atoms with van der Waals surface area (Å²) in [6.07, 6.45) is 3.16. The van der Waals surface area contributed by atoms with E-state index in [2.05, 4.69) is 34.8 Å². The monoisotopic (exact) mass is 392 g/mol. The van der Waals surface area contributed by atoms with Crippen molar-refractivity contribution in [2.45, 2.75) is 40.0 Å². The summed E-state index contributed by atoms with van der Waals surface area (Å²) in [5.41, 5.74) is 1.99. The maximum absolute atomic E-state index is 12.1. The highest BCUT2D eigenvalue weighted by Gasteiger charge is 2.04. The number of hydrogen-bond donors (Lipinski definition) is 3. The summed E-state index contributed by atoms with van der Waals surface area (Å²) in [4.78, 5) is 16.5. The van der Waals surface area contributed by atoms with E-state index in [9.17, 15) is 4.79 Å². The van der Waals surface area contributed by atoms with Crippen molar-refractivity contribution in [3.63, 3.8) is 0 Å². The number of anilines is 1. The van der Waals surface area contributed by atoms with Crippen molar-refractivity contribution in [3.8, 4) is 0 Å². The second kappa shape index (κ2) is 15.9. The number of benzene rings is 1. The average Bonchev–Trinajstić information content (AvgIpc) is 2.70. The molecule has 1 aromatic carbocycles. The van der Waals surface area contributed by atoms with Gasteiger partial charge in [0.15, 0.2) is 5.96 Å². The third-order valence-corrected chi connectivity index (χ3v) is 3.90. The van der Waals surface area contributed by atoms with Gasteiger partial charge in [0.2, 0.25) is 5.91 Å². The van der Waals surface area contributed by atoms with Crippen LogP contribution in [0.1, 0.15) is 39.2 Å². The lowest BCUT2D eigenvalue weighted by atomic mass is 10.1. The number of carbonyl (C=O) groups is 1. The van der Waals surface area contributed by atoms with Gasteiger partial charge in [0.05, 0.1) is 19.8 Å². The van der Waals surface area contributed by atoms with E-state index < -0.39 is 0 Å². The number of nitrogens with one attached hydrogen (secondary N) is 3. The van der Waals surface area contributed by atoms with Crippen molar-refractivity contribution >= 4 is 17.6 Å². The van der Waals surface area contributed by atoms with Crippen LogP contribution in [0.2, 0.25) is 0 Å². The molecule has 0 saturated carbocycles. The SMILES string of the molecule is CCCCOCCOCCNC(=NCC(=O)Nc1cccc(CC)c1)NCC. The smallest absolute Gasteiger partial charge is 0.246 e. The van der Waals surface area contributed by atoms with Crippen LogP contribution in [0, 0.1) is 0 Å². The molecule has 0 aromatic heterocycles. The van der Waals surface area contributed by atoms with Crippen LogP contribution in [0.3, 0.4) is 0 Å². The van der Waals surface area contributed by atoms with E-state index in [-0.39, 0.29) is 12.5 Å². The predicted molar refractivity (Wildman–Crippen MR) is 115 cm³/mol. The first-order valence-corrected chi connectivity index (χ1v) is 10.3. The first-order chi connectivity index (χ1) is 13.7. The van der Waals surface area contributed by atoms with Crippen molar-refractivity contribution in [1.82, 2.24) is 10.6 Å². The first-order valence-electron chi connectivity index (χ1n) is 10.3. The zero-order chi connectivity index (χ0) is 20.5. The van der Waals surface area contributed by atoms with Crippen LogP contribution in [0.25, 0.3) is 0 Å². The summed E-state index contributed by atoms with van der Waals surface area (Å²) in [7, 11) is 0. The maximum Gasteiger partial charge on any atom is 0.246 e. The molecule has 1 rings (SSSR count). The van der Waals surface area contributed by atoms with Crippen LogP contribution in [-0.2, 0) is 20.7 Å². The Labute approximate surface area is 169 Å². The first kappa shape index (κ1) is 23.9. The average molecular weight is 393 g/mol. The number of nitrogens with zero attached hydrogens (tertiary/aromatic N) is 1. The number of hydrogen-bond acceptors (Lipinski definition) is 4. The Morgan fingerprint density at radius 2 is 1.82 bits per heavy atom. The number of aryl methyl sites for hydroxylation is 1. The van der Waals surface area contributed by atoms with Crippen LogP contribution in [0.5, 0.6) is 0 Å². The van der Waals surface area contributed by atoms with Gasteiger partial charge in [0, 0.05) is 25.4 Å². The van der Waals surface area contributed by atoms with E-state index >= 15 is 0 Å². The van der Waals surface area contributed by atoms with Crippen LogP contribution < -0.4 is 16.0 Å². The molecule has 0 radical (unpaired) electrons. The summed E-state index contributed by atoms with van der Waals surface area (Å²) >= 11 is 0. The molecule has 3 N–H and O–H groups in total. The largest absolute Gasteiger partial charge is 0.379 e. The fraction of sp³-hybridized carbons (Fsp3) is 0.619. The van der Waals surface area contributed by atoms with Gasteiger partial charge in [-0.2, -0.15) is 0 Å². The van der Waals surface area contributed by atoms with E-state index in [0.717, 1.165) is 38.1 Å². The summed E-state index contributed by atoms with van der Waals surface area (Å²) < 4.78 is 11.0. The molecular weight excluding hydrogens is 356 g/mol. The fourth-order valence-electron chi connectivity index (χ4n) is 2.37. The van der Waals surface area contributed by atoms with Gasteiger partial charge in [-0.25, -0.2) is 4.99 Å². The Morgan fingerprint density at radius 3 is 2.54 bits per heavy atom. The van der Waals surface area contributed by atoms with Gasteiger partial charge in [-0.1, -0.05) is 32.4 Å². The van der Waals surface area contributed by atoms with Crippen molar-refractivity contribution < 1.29 is 14.3 Å². The lowest BCUT2D eigenvalue weighted by Gasteiger charge is -2.12. The molecule has 0 heterocycles. The number of amides is 1. The normalized spacial score (nSPS) is 11.3. The van der Waals surface area contributed by atoms with Gasteiger partial charge in [0.1, 0.15) is 6.54 Å². The predicted octanol–water partition coefficient (Wildman–Crippen LogP) is 2.58. The lowest BCUT2D eigenvalue weighted by molar-refractivity contribution is -0.114. The summed E-state index contributed by atoms with van der Waals surface area (Å²) in [5, 5.41) is 9.17. The Bertz CT molecular complexity index is 579. The van der Waals surface area contributed by atoms with E-state index in [0.29, 0.717) is 32.3 Å². The quantitative estimate of drug-likeness (QED) is 0.257. The third-order valence-electron chi connectivity index (χ3n) is 3.90. The third kappa shape index (κ3) is 11.6. The Hall–Kier alpha value is -2.12. The van der Waals surface area contributed by atoms with E-state index in [1.165, 1.54) is 5.56 Å². The van der Waals surface area contributed by atoms with Crippen molar-refractivity contribution in [2.75, 3.05) is 51.4 Å². The number of unbranched alkanes of at least 4 members (excludes halogenated alkanes) is 1. The number of ether oxygens (including phenoxy) is 2. The molecule has 0 bridgehead atoms. The molecular formula is C21H36N4O3. The molecule has 158 valence electrons. The van der Waals surface area contributed by atoms with Crippen LogP contribution in [0.4, 0.5) is 5.69 Å². The molecule has 0 saturated heterocycles. The second-order valence-electron chi connectivity index (χ2n) is 6.30. The van der Waals surface area contributed by atoms with E-state index in [4.69, 9.17) is 9.47 Å². The second-order valence-corrected chi connectivity index (χ2v) is 6.30. The highest BCUT2D eigenvalue weighted by atomic mass is 16.5. The molecule has 7 nitrogen and oxygen atoms in total. The van der Waals surface area contributed by atoms with Gasteiger partial charge >= 0.3 is 0 Å². The van der Waals surface area contributed by atoms with Gasteiger partial charge < -0.3 is 25.4 Å². The number of rotatable bonds is 14. The maximum atomic E-state index is 12.1. The molecule has 0 aliphatic rings. The molecule has 0 fully saturated rings. The van der Waals surface area contributed by atoms with Crippen molar-refractivity contribution in [1.29, 1.82) is 0 Å². The van der Waals surface area contributed by atoms with Crippen molar-refractivity contribution in [2.24, 2.45) is 4.99 Å². The van der Waals surface area contributed by atoms with E-state index in [1.807, 2.05) is 31.2 Å². The number of aliphatic imine (C=N–C) groups is 1. The molecule has 0 spiro atoms. The van der Waals surface area contributed by atoms with Gasteiger partial charge in [-0.3, -0.25) is 4.79 Å². The highest BCUT2D eigenvalue weighted by Crippen LogP contribution is 2.10. The molecule has 0 atom stereocenters. The minimum absolute atomic E-state index is 0.0534. The summed E-state index contributed by atoms with van der Waals surface area (Å²) in [6, 6.07) is 7.85. The standard InChI is InChI=1S/C21H36N4O3/c1-4-7-12-27-14-15-28-13-11-23-21(22-6-3)24-17-20(26)25-19-10-8-9-18(5-2)16-19/h8-10,16H,4-7,11-15,17H2,1-3H3,(H,25,26)(H2,22,23,24). The van der Waals surface area contributed by atoms with E-state index in [1.54, 1.807) is 0 Å². The topological polar surface area (TPSA) is 84.0 Å². The zero-order valence-electron chi connectivity index (χ0n) is 17.6. The Balaban J connectivity index is 2.27. The molecule has 1 amide bonds. The summed E-state index contributed by atoms with van der Waals surface area (Å²) in [5.74, 6) is 0.452. The molecule has 7 heteroatoms. The van der Waals surface area contributed by atoms with Gasteiger partial charge in [0.25, 0.3) is 0 Å². The minimum Gasteiger partial charge on any atom is -0.379 e. The fourth-order valence-corrected chi connectivity index (χ4v) is 2.37. The molecule has 0 aliphatic carbocycles. The van der Waals surface area contributed by atoms with Crippen LogP contribution >= 0.6 is 0 Å². The Kier molecular flexibility index (Phi) is 13.6. The highest BCUT2D eigenvalue weighted by molar-refractivity contribution is 5.94. The van der Waals surface area contributed by atoms with Crippen LogP contribution in [-0.4, -0.2) is 57.9 Å². The summed E-state index contributed by atoms with van der Waals surface area (Å²) in [6.45, 7) is 10.1. The molecule has 0 unspecified atom stereocenters. The number of guanidine groups is 1.